The minimum absolute atomic E-state index is 0.229. The van der Waals surface area contributed by atoms with Crippen molar-refractivity contribution in [1.82, 2.24) is 15.5 Å². The second kappa shape index (κ2) is 9.22. The average Bonchev–Trinajstić information content (AvgIpc) is 3.23. The molecule has 23 heavy (non-hydrogen) atoms. The first kappa shape index (κ1) is 17.4. The third-order valence-electron chi connectivity index (χ3n) is 3.92. The number of carbonyl (C=O) groups excluding carboxylic acids is 1. The number of carbonyl (C=O) groups is 1. The molecule has 1 atom stereocenters. The molecule has 2 N–H and O–H groups in total. The fourth-order valence-corrected chi connectivity index (χ4v) is 2.66. The van der Waals surface area contributed by atoms with E-state index in [-0.39, 0.29) is 11.9 Å². The summed E-state index contributed by atoms with van der Waals surface area (Å²) in [4.78, 5) is 18.3. The van der Waals surface area contributed by atoms with Gasteiger partial charge in [-0.2, -0.15) is 0 Å². The van der Waals surface area contributed by atoms with Gasteiger partial charge in [0.15, 0.2) is 5.96 Å². The monoisotopic (exact) mass is 320 g/mol. The van der Waals surface area contributed by atoms with Crippen LogP contribution in [-0.2, 0) is 11.2 Å². The molecule has 128 valence electrons. The molecule has 0 radical (unpaired) electrons. The van der Waals surface area contributed by atoms with Crippen molar-refractivity contribution in [2.45, 2.75) is 45.6 Å². The zero-order chi connectivity index (χ0) is 16.5. The molecule has 6 nitrogen and oxygen atoms in total. The molecule has 1 aliphatic heterocycles. The Morgan fingerprint density at radius 1 is 1.48 bits per heavy atom. The summed E-state index contributed by atoms with van der Waals surface area (Å²) in [7, 11) is 0. The second-order valence-electron chi connectivity index (χ2n) is 5.81. The first-order valence-corrected chi connectivity index (χ1v) is 8.58. The fraction of sp³-hybridized carbons (Fsp3) is 0.647. The summed E-state index contributed by atoms with van der Waals surface area (Å²) in [6.07, 6.45) is 5.07. The first-order valence-electron chi connectivity index (χ1n) is 8.58. The highest BCUT2D eigenvalue weighted by Crippen LogP contribution is 2.10. The van der Waals surface area contributed by atoms with Gasteiger partial charge in [-0.1, -0.05) is 13.8 Å². The van der Waals surface area contributed by atoms with Crippen molar-refractivity contribution in [1.29, 1.82) is 0 Å². The quantitative estimate of drug-likeness (QED) is 0.593. The van der Waals surface area contributed by atoms with Crippen LogP contribution < -0.4 is 10.6 Å². The van der Waals surface area contributed by atoms with Crippen LogP contribution in [-0.4, -0.2) is 49.0 Å². The van der Waals surface area contributed by atoms with E-state index >= 15 is 0 Å². The van der Waals surface area contributed by atoms with E-state index in [1.807, 2.05) is 24.0 Å². The summed E-state index contributed by atoms with van der Waals surface area (Å²) < 4.78 is 5.34. The van der Waals surface area contributed by atoms with Gasteiger partial charge in [0, 0.05) is 45.1 Å². The third-order valence-corrected chi connectivity index (χ3v) is 3.92. The van der Waals surface area contributed by atoms with E-state index in [0.29, 0.717) is 6.42 Å². The molecule has 1 aromatic rings. The van der Waals surface area contributed by atoms with Crippen LogP contribution >= 0.6 is 0 Å². The second-order valence-corrected chi connectivity index (χ2v) is 5.81. The molecule has 0 aromatic carbocycles. The molecule has 0 bridgehead atoms. The largest absolute Gasteiger partial charge is 0.469 e. The third kappa shape index (κ3) is 5.62. The zero-order valence-electron chi connectivity index (χ0n) is 14.2. The van der Waals surface area contributed by atoms with Crippen molar-refractivity contribution in [2.24, 2.45) is 4.99 Å². The molecule has 1 unspecified atom stereocenters. The molecule has 1 saturated heterocycles. The van der Waals surface area contributed by atoms with Gasteiger partial charge in [0.25, 0.3) is 0 Å². The lowest BCUT2D eigenvalue weighted by Crippen LogP contribution is -2.45. The Balaban J connectivity index is 1.80. The van der Waals surface area contributed by atoms with E-state index in [1.54, 1.807) is 6.26 Å². The molecule has 2 rings (SSSR count). The number of aliphatic imine (C=N–C) groups is 1. The Bertz CT molecular complexity index is 499. The number of guanidine groups is 1. The van der Waals surface area contributed by atoms with E-state index in [0.717, 1.165) is 57.2 Å². The molecule has 1 aliphatic rings. The number of amides is 1. The van der Waals surface area contributed by atoms with Crippen molar-refractivity contribution >= 4 is 11.9 Å². The molecule has 6 heteroatoms. The number of rotatable bonds is 7. The van der Waals surface area contributed by atoms with Gasteiger partial charge < -0.3 is 20.0 Å². The number of hydrogen-bond acceptors (Lipinski definition) is 3. The van der Waals surface area contributed by atoms with E-state index in [2.05, 4.69) is 22.5 Å². The highest BCUT2D eigenvalue weighted by Gasteiger charge is 2.25. The van der Waals surface area contributed by atoms with Gasteiger partial charge >= 0.3 is 0 Å². The molecular weight excluding hydrogens is 292 g/mol. The van der Waals surface area contributed by atoms with Crippen LogP contribution in [0.3, 0.4) is 0 Å². The number of hydrogen-bond donors (Lipinski definition) is 2. The lowest BCUT2D eigenvalue weighted by Gasteiger charge is -2.19. The van der Waals surface area contributed by atoms with Crippen LogP contribution in [0.5, 0.6) is 0 Å². The molecule has 1 fully saturated rings. The number of nitrogens with zero attached hydrogens (tertiary/aromatic N) is 2. The maximum atomic E-state index is 11.8. The Kier molecular flexibility index (Phi) is 6.97. The molecular formula is C17H28N4O2. The lowest BCUT2D eigenvalue weighted by atomic mass is 10.3. The fourth-order valence-electron chi connectivity index (χ4n) is 2.66. The molecule has 0 spiro atoms. The maximum absolute atomic E-state index is 11.8. The minimum atomic E-state index is 0.229. The predicted molar refractivity (Wildman–Crippen MR) is 91.4 cm³/mol. The van der Waals surface area contributed by atoms with Gasteiger partial charge in [0.2, 0.25) is 5.91 Å². The van der Waals surface area contributed by atoms with Crippen LogP contribution in [0.25, 0.3) is 0 Å². The van der Waals surface area contributed by atoms with Gasteiger partial charge in [0.05, 0.1) is 6.26 Å². The number of likely N-dealkylation sites (tertiary alicyclic amines) is 1. The molecule has 0 saturated carbocycles. The highest BCUT2D eigenvalue weighted by atomic mass is 16.3. The van der Waals surface area contributed by atoms with Gasteiger partial charge in [0.1, 0.15) is 5.76 Å². The van der Waals surface area contributed by atoms with Crippen molar-refractivity contribution < 1.29 is 9.21 Å². The van der Waals surface area contributed by atoms with Crippen LogP contribution in [0.15, 0.2) is 27.8 Å². The Morgan fingerprint density at radius 3 is 3.04 bits per heavy atom. The SMILES string of the molecule is CCCN=C(NCCc1ccco1)NC1CCN(C(=O)CC)C1. The smallest absolute Gasteiger partial charge is 0.222 e. The Morgan fingerprint density at radius 2 is 2.35 bits per heavy atom. The molecule has 1 amide bonds. The van der Waals surface area contributed by atoms with Crippen LogP contribution in [0.2, 0.25) is 0 Å². The number of nitrogens with one attached hydrogen (secondary N) is 2. The van der Waals surface area contributed by atoms with E-state index in [9.17, 15) is 4.79 Å². The van der Waals surface area contributed by atoms with Gasteiger partial charge in [-0.15, -0.1) is 0 Å². The molecule has 1 aromatic heterocycles. The summed E-state index contributed by atoms with van der Waals surface area (Å²) >= 11 is 0. The normalized spacial score (nSPS) is 18.3. The lowest BCUT2D eigenvalue weighted by molar-refractivity contribution is -0.129. The van der Waals surface area contributed by atoms with Crippen molar-refractivity contribution in [3.8, 4) is 0 Å². The maximum Gasteiger partial charge on any atom is 0.222 e. The van der Waals surface area contributed by atoms with E-state index < -0.39 is 0 Å². The van der Waals surface area contributed by atoms with E-state index in [4.69, 9.17) is 4.42 Å². The van der Waals surface area contributed by atoms with Gasteiger partial charge in [-0.25, -0.2) is 0 Å². The highest BCUT2D eigenvalue weighted by molar-refractivity contribution is 5.80. The van der Waals surface area contributed by atoms with Crippen molar-refractivity contribution in [3.05, 3.63) is 24.2 Å². The Hall–Kier alpha value is -1.98. The molecule has 2 heterocycles. The van der Waals surface area contributed by atoms with Crippen molar-refractivity contribution in [3.63, 3.8) is 0 Å². The van der Waals surface area contributed by atoms with Crippen LogP contribution in [0.1, 0.15) is 38.9 Å². The first-order chi connectivity index (χ1) is 11.2. The number of furan rings is 1. The molecule has 0 aliphatic carbocycles. The summed E-state index contributed by atoms with van der Waals surface area (Å²) in [5.74, 6) is 2.02. The standard InChI is InChI=1S/C17H28N4O2/c1-3-9-18-17(19-10-7-15-6-5-12-23-15)20-14-8-11-21(13-14)16(22)4-2/h5-6,12,14H,3-4,7-11,13H2,1-2H3,(H2,18,19,20). The van der Waals surface area contributed by atoms with Crippen LogP contribution in [0, 0.1) is 0 Å². The summed E-state index contributed by atoms with van der Waals surface area (Å²) in [6.45, 7) is 7.18. The van der Waals surface area contributed by atoms with Gasteiger partial charge in [-0.3, -0.25) is 9.79 Å². The summed E-state index contributed by atoms with van der Waals surface area (Å²) in [5.41, 5.74) is 0. The van der Waals surface area contributed by atoms with Crippen LogP contribution in [0.4, 0.5) is 0 Å². The minimum Gasteiger partial charge on any atom is -0.469 e. The summed E-state index contributed by atoms with van der Waals surface area (Å²) in [5, 5.41) is 6.81. The van der Waals surface area contributed by atoms with Crippen molar-refractivity contribution in [2.75, 3.05) is 26.2 Å². The Labute approximate surface area is 138 Å². The summed E-state index contributed by atoms with van der Waals surface area (Å²) in [6, 6.07) is 4.15. The predicted octanol–water partition coefficient (Wildman–Crippen LogP) is 1.78. The zero-order valence-corrected chi connectivity index (χ0v) is 14.2. The van der Waals surface area contributed by atoms with E-state index in [1.165, 1.54) is 0 Å². The topological polar surface area (TPSA) is 69.9 Å². The average molecular weight is 320 g/mol. The van der Waals surface area contributed by atoms with Gasteiger partial charge in [-0.05, 0) is 25.0 Å².